The van der Waals surface area contributed by atoms with Gasteiger partial charge >= 0.3 is 0 Å². The van der Waals surface area contributed by atoms with Gasteiger partial charge in [-0.1, -0.05) is 18.2 Å². The standard InChI is InChI=1S/C23H26N2O4S/c1-4-28-19-11-9-17(10-12-19)23-25-20(16(2)29-23)14-30-15-22(26)24-13-18-7-5-6-8-21(18)27-3/h5-12H,4,13-15H2,1-3H3,(H,24,26). The maximum atomic E-state index is 12.2. The second kappa shape index (κ2) is 10.7. The molecule has 3 rings (SSSR count). The molecule has 7 heteroatoms. The Morgan fingerprint density at radius 3 is 2.67 bits per heavy atom. The Morgan fingerprint density at radius 2 is 1.93 bits per heavy atom. The summed E-state index contributed by atoms with van der Waals surface area (Å²) < 4.78 is 16.6. The molecule has 2 aromatic carbocycles. The number of aromatic nitrogens is 1. The van der Waals surface area contributed by atoms with Crippen molar-refractivity contribution >= 4 is 17.7 Å². The van der Waals surface area contributed by atoms with Crippen molar-refractivity contribution in [1.82, 2.24) is 10.3 Å². The number of methoxy groups -OCH3 is 1. The van der Waals surface area contributed by atoms with Crippen molar-refractivity contribution in [2.45, 2.75) is 26.1 Å². The second-order valence-corrected chi connectivity index (χ2v) is 7.55. The van der Waals surface area contributed by atoms with E-state index in [0.29, 0.717) is 30.5 Å². The molecule has 158 valence electrons. The number of benzene rings is 2. The van der Waals surface area contributed by atoms with Crippen LogP contribution in [-0.2, 0) is 17.1 Å². The first-order valence-corrected chi connectivity index (χ1v) is 10.9. The summed E-state index contributed by atoms with van der Waals surface area (Å²) in [5, 5.41) is 2.93. The average Bonchev–Trinajstić information content (AvgIpc) is 3.13. The van der Waals surface area contributed by atoms with E-state index in [2.05, 4.69) is 10.3 Å². The van der Waals surface area contributed by atoms with Crippen LogP contribution in [0, 0.1) is 6.92 Å². The van der Waals surface area contributed by atoms with E-state index in [1.807, 2.05) is 62.4 Å². The highest BCUT2D eigenvalue weighted by atomic mass is 32.2. The number of aryl methyl sites for hydroxylation is 1. The number of para-hydroxylation sites is 1. The van der Waals surface area contributed by atoms with E-state index >= 15 is 0 Å². The molecular weight excluding hydrogens is 400 g/mol. The first kappa shape index (κ1) is 21.8. The van der Waals surface area contributed by atoms with Crippen LogP contribution in [0.25, 0.3) is 11.5 Å². The fourth-order valence-corrected chi connectivity index (χ4v) is 3.73. The number of amides is 1. The number of ether oxygens (including phenoxy) is 2. The fourth-order valence-electron chi connectivity index (χ4n) is 2.88. The zero-order valence-electron chi connectivity index (χ0n) is 17.4. The van der Waals surface area contributed by atoms with Crippen molar-refractivity contribution in [3.63, 3.8) is 0 Å². The van der Waals surface area contributed by atoms with Gasteiger partial charge in [0.15, 0.2) is 0 Å². The smallest absolute Gasteiger partial charge is 0.230 e. The maximum Gasteiger partial charge on any atom is 0.230 e. The Balaban J connectivity index is 1.49. The molecule has 1 amide bonds. The van der Waals surface area contributed by atoms with Crippen molar-refractivity contribution < 1.29 is 18.7 Å². The highest BCUT2D eigenvalue weighted by molar-refractivity contribution is 7.99. The summed E-state index contributed by atoms with van der Waals surface area (Å²) in [6, 6.07) is 15.3. The van der Waals surface area contributed by atoms with Crippen LogP contribution in [0.4, 0.5) is 0 Å². The summed E-state index contributed by atoms with van der Waals surface area (Å²) in [7, 11) is 1.62. The van der Waals surface area contributed by atoms with E-state index in [1.165, 1.54) is 11.8 Å². The zero-order chi connectivity index (χ0) is 21.3. The van der Waals surface area contributed by atoms with Crippen LogP contribution in [-0.4, -0.2) is 30.4 Å². The summed E-state index contributed by atoms with van der Waals surface area (Å²) in [5.74, 6) is 3.85. The summed E-state index contributed by atoms with van der Waals surface area (Å²) in [5.41, 5.74) is 2.69. The predicted octanol–water partition coefficient (Wildman–Crippen LogP) is 4.61. The molecule has 0 bridgehead atoms. The average molecular weight is 427 g/mol. The lowest BCUT2D eigenvalue weighted by atomic mass is 10.2. The predicted molar refractivity (Wildman–Crippen MR) is 119 cm³/mol. The fraction of sp³-hybridized carbons (Fsp3) is 0.304. The first-order chi connectivity index (χ1) is 14.6. The molecule has 30 heavy (non-hydrogen) atoms. The van der Waals surface area contributed by atoms with Gasteiger partial charge in [-0.15, -0.1) is 11.8 Å². The van der Waals surface area contributed by atoms with Crippen molar-refractivity contribution in [2.24, 2.45) is 0 Å². The number of carbonyl (C=O) groups is 1. The van der Waals surface area contributed by atoms with Gasteiger partial charge in [-0.05, 0) is 44.2 Å². The molecule has 1 aromatic heterocycles. The normalized spacial score (nSPS) is 10.6. The van der Waals surface area contributed by atoms with Crippen LogP contribution in [0.1, 0.15) is 23.9 Å². The van der Waals surface area contributed by atoms with Gasteiger partial charge in [-0.25, -0.2) is 4.98 Å². The molecule has 3 aromatic rings. The highest BCUT2D eigenvalue weighted by Crippen LogP contribution is 2.26. The van der Waals surface area contributed by atoms with Gasteiger partial charge in [0.2, 0.25) is 11.8 Å². The van der Waals surface area contributed by atoms with Gasteiger partial charge in [0.25, 0.3) is 0 Å². The molecule has 0 spiro atoms. The van der Waals surface area contributed by atoms with Crippen LogP contribution in [0.2, 0.25) is 0 Å². The molecule has 0 aliphatic rings. The van der Waals surface area contributed by atoms with Crippen LogP contribution >= 0.6 is 11.8 Å². The number of carbonyl (C=O) groups excluding carboxylic acids is 1. The summed E-state index contributed by atoms with van der Waals surface area (Å²) >= 11 is 1.51. The SMILES string of the molecule is CCOc1ccc(-c2nc(CSCC(=O)NCc3ccccc3OC)c(C)o2)cc1. The molecule has 0 radical (unpaired) electrons. The lowest BCUT2D eigenvalue weighted by molar-refractivity contribution is -0.118. The lowest BCUT2D eigenvalue weighted by Gasteiger charge is -2.09. The van der Waals surface area contributed by atoms with E-state index in [-0.39, 0.29) is 5.91 Å². The number of hydrogen-bond donors (Lipinski definition) is 1. The molecule has 1 heterocycles. The molecule has 0 unspecified atom stereocenters. The third-order valence-electron chi connectivity index (χ3n) is 4.45. The minimum Gasteiger partial charge on any atom is -0.496 e. The van der Waals surface area contributed by atoms with Crippen LogP contribution in [0.5, 0.6) is 11.5 Å². The maximum absolute atomic E-state index is 12.2. The second-order valence-electron chi connectivity index (χ2n) is 6.56. The van der Waals surface area contributed by atoms with Gasteiger partial charge in [-0.2, -0.15) is 0 Å². The van der Waals surface area contributed by atoms with Crippen LogP contribution in [0.15, 0.2) is 52.9 Å². The number of hydrogen-bond acceptors (Lipinski definition) is 6. The van der Waals surface area contributed by atoms with E-state index in [1.54, 1.807) is 7.11 Å². The molecule has 6 nitrogen and oxygen atoms in total. The lowest BCUT2D eigenvalue weighted by Crippen LogP contribution is -2.24. The van der Waals surface area contributed by atoms with Crippen molar-refractivity contribution in [3.05, 3.63) is 65.5 Å². The molecule has 0 aliphatic heterocycles. The largest absolute Gasteiger partial charge is 0.496 e. The van der Waals surface area contributed by atoms with Gasteiger partial charge in [0.05, 0.1) is 25.2 Å². The van der Waals surface area contributed by atoms with Crippen molar-refractivity contribution in [2.75, 3.05) is 19.5 Å². The Morgan fingerprint density at radius 1 is 1.17 bits per heavy atom. The quantitative estimate of drug-likeness (QED) is 0.510. The Kier molecular flexibility index (Phi) is 7.79. The van der Waals surface area contributed by atoms with Gasteiger partial charge in [-0.3, -0.25) is 4.79 Å². The Bertz CT molecular complexity index is 970. The Hall–Kier alpha value is -2.93. The van der Waals surface area contributed by atoms with E-state index in [0.717, 1.165) is 34.1 Å². The molecular formula is C23H26N2O4S. The van der Waals surface area contributed by atoms with Crippen LogP contribution < -0.4 is 14.8 Å². The molecule has 0 saturated heterocycles. The molecule has 0 aliphatic carbocycles. The third kappa shape index (κ3) is 5.79. The number of rotatable bonds is 10. The highest BCUT2D eigenvalue weighted by Gasteiger charge is 2.13. The van der Waals surface area contributed by atoms with Crippen molar-refractivity contribution in [3.8, 4) is 23.0 Å². The number of nitrogens with zero attached hydrogens (tertiary/aromatic N) is 1. The minimum absolute atomic E-state index is 0.0289. The molecule has 1 N–H and O–H groups in total. The topological polar surface area (TPSA) is 73.6 Å². The van der Waals surface area contributed by atoms with Gasteiger partial charge in [0.1, 0.15) is 17.3 Å². The summed E-state index contributed by atoms with van der Waals surface area (Å²) in [4.78, 5) is 16.8. The van der Waals surface area contributed by atoms with Crippen molar-refractivity contribution in [1.29, 1.82) is 0 Å². The van der Waals surface area contributed by atoms with Gasteiger partial charge < -0.3 is 19.2 Å². The summed E-state index contributed by atoms with van der Waals surface area (Å²) in [6.07, 6.45) is 0. The minimum atomic E-state index is -0.0289. The number of thioether (sulfide) groups is 1. The number of nitrogens with one attached hydrogen (secondary N) is 1. The van der Waals surface area contributed by atoms with Gasteiger partial charge in [0, 0.05) is 23.4 Å². The molecule has 0 atom stereocenters. The van der Waals surface area contributed by atoms with E-state index in [4.69, 9.17) is 13.9 Å². The first-order valence-electron chi connectivity index (χ1n) is 9.76. The van der Waals surface area contributed by atoms with Crippen LogP contribution in [0.3, 0.4) is 0 Å². The molecule has 0 saturated carbocycles. The van der Waals surface area contributed by atoms with E-state index in [9.17, 15) is 4.79 Å². The zero-order valence-corrected chi connectivity index (χ0v) is 18.3. The van der Waals surface area contributed by atoms with E-state index < -0.39 is 0 Å². The Labute approximate surface area is 181 Å². The third-order valence-corrected chi connectivity index (χ3v) is 5.39. The summed E-state index contributed by atoms with van der Waals surface area (Å²) in [6.45, 7) is 4.91. The monoisotopic (exact) mass is 426 g/mol. The number of oxazole rings is 1. The molecule has 0 fully saturated rings.